The van der Waals surface area contributed by atoms with Gasteiger partial charge in [0.1, 0.15) is 11.3 Å². The number of urea groups is 1. The molecule has 1 aliphatic rings. The number of imide groups is 1. The van der Waals surface area contributed by atoms with Gasteiger partial charge in [-0.3, -0.25) is 4.79 Å². The Balaban J connectivity index is 1.90. The predicted molar refractivity (Wildman–Crippen MR) is 112 cm³/mol. The van der Waals surface area contributed by atoms with Gasteiger partial charge < -0.3 is 19.5 Å². The average molecular weight is 411 g/mol. The first-order chi connectivity index (χ1) is 14.3. The molecular formula is C22H25N3O5. The Morgan fingerprint density at radius 1 is 1.07 bits per heavy atom. The number of hydrogen-bond donors (Lipinski definition) is 1. The first kappa shape index (κ1) is 21.2. The normalized spacial score (nSPS) is 18.8. The highest BCUT2D eigenvalue weighted by molar-refractivity contribution is 6.07. The second kappa shape index (κ2) is 8.44. The number of hydrogen-bond acceptors (Lipinski definition) is 6. The van der Waals surface area contributed by atoms with Crippen LogP contribution in [-0.4, -0.2) is 43.5 Å². The maximum absolute atomic E-state index is 13.0. The second-order valence-corrected chi connectivity index (χ2v) is 7.19. The van der Waals surface area contributed by atoms with E-state index in [-0.39, 0.29) is 6.10 Å². The lowest BCUT2D eigenvalue weighted by Gasteiger charge is -2.21. The third kappa shape index (κ3) is 3.94. The zero-order chi connectivity index (χ0) is 21.9. The summed E-state index contributed by atoms with van der Waals surface area (Å²) in [5.41, 5.74) is -0.0157. The van der Waals surface area contributed by atoms with Gasteiger partial charge in [0.05, 0.1) is 26.5 Å². The Kier molecular flexibility index (Phi) is 5.96. The van der Waals surface area contributed by atoms with Gasteiger partial charge >= 0.3 is 6.03 Å². The van der Waals surface area contributed by atoms with Crippen molar-refractivity contribution < 1.29 is 23.8 Å². The highest BCUT2D eigenvalue weighted by atomic mass is 16.5. The number of ether oxygens (including phenoxy) is 3. The molecule has 1 atom stereocenters. The summed E-state index contributed by atoms with van der Waals surface area (Å²) >= 11 is 0. The van der Waals surface area contributed by atoms with E-state index in [1.54, 1.807) is 63.6 Å². The summed E-state index contributed by atoms with van der Waals surface area (Å²) in [6.07, 6.45) is 1.32. The van der Waals surface area contributed by atoms with E-state index < -0.39 is 17.5 Å². The van der Waals surface area contributed by atoms with Crippen molar-refractivity contribution in [3.8, 4) is 17.2 Å². The second-order valence-electron chi connectivity index (χ2n) is 7.19. The van der Waals surface area contributed by atoms with Crippen LogP contribution in [0.4, 0.5) is 4.79 Å². The number of rotatable bonds is 7. The number of hydrazone groups is 1. The van der Waals surface area contributed by atoms with E-state index in [0.29, 0.717) is 28.4 Å². The number of nitrogens with zero attached hydrogens (tertiary/aromatic N) is 2. The van der Waals surface area contributed by atoms with Crippen molar-refractivity contribution in [3.05, 3.63) is 53.6 Å². The quantitative estimate of drug-likeness (QED) is 0.558. The van der Waals surface area contributed by atoms with Crippen LogP contribution in [0.15, 0.2) is 47.6 Å². The van der Waals surface area contributed by atoms with E-state index >= 15 is 0 Å². The monoisotopic (exact) mass is 411 g/mol. The van der Waals surface area contributed by atoms with Crippen molar-refractivity contribution in [2.75, 3.05) is 14.2 Å². The van der Waals surface area contributed by atoms with Gasteiger partial charge in [-0.25, -0.2) is 4.79 Å². The number of nitrogens with one attached hydrogen (secondary N) is 1. The van der Waals surface area contributed by atoms with E-state index in [9.17, 15) is 9.59 Å². The van der Waals surface area contributed by atoms with E-state index in [2.05, 4.69) is 10.4 Å². The molecule has 0 spiro atoms. The first-order valence-corrected chi connectivity index (χ1v) is 9.49. The Morgan fingerprint density at radius 2 is 1.77 bits per heavy atom. The van der Waals surface area contributed by atoms with E-state index in [1.165, 1.54) is 6.21 Å². The first-order valence-electron chi connectivity index (χ1n) is 9.49. The van der Waals surface area contributed by atoms with Gasteiger partial charge in [0, 0.05) is 5.56 Å². The lowest BCUT2D eigenvalue weighted by molar-refractivity contribution is -0.131. The average Bonchev–Trinajstić information content (AvgIpc) is 2.96. The van der Waals surface area contributed by atoms with Crippen LogP contribution < -0.4 is 19.5 Å². The molecule has 8 nitrogen and oxygen atoms in total. The van der Waals surface area contributed by atoms with Crippen molar-refractivity contribution in [1.82, 2.24) is 10.3 Å². The van der Waals surface area contributed by atoms with Crippen LogP contribution in [0.1, 0.15) is 31.9 Å². The molecule has 3 amide bonds. The van der Waals surface area contributed by atoms with Gasteiger partial charge in [-0.05, 0) is 50.6 Å². The lowest BCUT2D eigenvalue weighted by atomic mass is 9.92. The Bertz CT molecular complexity index is 971. The molecule has 0 aliphatic carbocycles. The van der Waals surface area contributed by atoms with Crippen LogP contribution in [0.3, 0.4) is 0 Å². The number of methoxy groups -OCH3 is 2. The summed E-state index contributed by atoms with van der Waals surface area (Å²) in [6, 6.07) is 11.6. The summed E-state index contributed by atoms with van der Waals surface area (Å²) in [6.45, 7) is 5.43. The fourth-order valence-electron chi connectivity index (χ4n) is 3.13. The maximum atomic E-state index is 13.0. The molecule has 0 unspecified atom stereocenters. The van der Waals surface area contributed by atoms with Crippen LogP contribution in [-0.2, 0) is 10.3 Å². The number of para-hydroxylation sites is 1. The topological polar surface area (TPSA) is 89.5 Å². The Labute approximate surface area is 175 Å². The van der Waals surface area contributed by atoms with Gasteiger partial charge in [-0.15, -0.1) is 5.01 Å². The van der Waals surface area contributed by atoms with Crippen molar-refractivity contribution >= 4 is 18.2 Å². The van der Waals surface area contributed by atoms with Crippen LogP contribution in [0, 0.1) is 0 Å². The molecule has 2 aromatic carbocycles. The number of carbonyl (C=O) groups is 2. The molecule has 1 heterocycles. The van der Waals surface area contributed by atoms with Crippen molar-refractivity contribution in [1.29, 1.82) is 0 Å². The van der Waals surface area contributed by atoms with Gasteiger partial charge in [0.2, 0.25) is 0 Å². The fourth-order valence-corrected chi connectivity index (χ4v) is 3.13. The molecule has 158 valence electrons. The van der Waals surface area contributed by atoms with Crippen molar-refractivity contribution in [3.63, 3.8) is 0 Å². The highest BCUT2D eigenvalue weighted by Gasteiger charge is 2.49. The smallest absolute Gasteiger partial charge is 0.346 e. The molecule has 8 heteroatoms. The standard InChI is InChI=1S/C22H25N3O5/c1-14(2)30-19-15(7-6-8-18(19)29-5)13-23-25-20(26)22(3,24-21(25)27)16-9-11-17(28-4)12-10-16/h6-14H,1-5H3,(H,24,27)/b23-13-/t22-/m0/s1. The largest absolute Gasteiger partial charge is 0.497 e. The van der Waals surface area contributed by atoms with Gasteiger partial charge in [0.15, 0.2) is 11.5 Å². The number of carbonyl (C=O) groups excluding carboxylic acids is 2. The molecule has 30 heavy (non-hydrogen) atoms. The molecule has 1 fully saturated rings. The molecule has 0 bridgehead atoms. The molecule has 1 saturated heterocycles. The van der Waals surface area contributed by atoms with E-state index in [1.807, 2.05) is 13.8 Å². The van der Waals surface area contributed by atoms with Crippen LogP contribution in [0.5, 0.6) is 17.2 Å². The van der Waals surface area contributed by atoms with Gasteiger partial charge in [-0.2, -0.15) is 5.10 Å². The molecular weight excluding hydrogens is 386 g/mol. The SMILES string of the molecule is COc1ccc([C@]2(C)NC(=O)N(/N=C\c3cccc(OC)c3OC(C)C)C2=O)cc1. The van der Waals surface area contributed by atoms with Crippen LogP contribution >= 0.6 is 0 Å². The molecule has 2 aromatic rings. The minimum atomic E-state index is -1.23. The Hall–Kier alpha value is -3.55. The fraction of sp³-hybridized carbons (Fsp3) is 0.318. The molecule has 0 saturated carbocycles. The number of amides is 3. The summed E-state index contributed by atoms with van der Waals surface area (Å²) < 4.78 is 16.3. The molecule has 0 aromatic heterocycles. The summed E-state index contributed by atoms with van der Waals surface area (Å²) in [5, 5.41) is 7.68. The summed E-state index contributed by atoms with van der Waals surface area (Å²) in [5.74, 6) is 1.20. The minimum Gasteiger partial charge on any atom is -0.497 e. The molecule has 1 N–H and O–H groups in total. The Morgan fingerprint density at radius 3 is 2.37 bits per heavy atom. The van der Waals surface area contributed by atoms with Crippen LogP contribution in [0.25, 0.3) is 0 Å². The maximum Gasteiger partial charge on any atom is 0.346 e. The molecule has 3 rings (SSSR count). The zero-order valence-electron chi connectivity index (χ0n) is 17.6. The zero-order valence-corrected chi connectivity index (χ0v) is 17.6. The third-order valence-corrected chi connectivity index (χ3v) is 4.73. The third-order valence-electron chi connectivity index (χ3n) is 4.73. The summed E-state index contributed by atoms with van der Waals surface area (Å²) in [7, 11) is 3.10. The van der Waals surface area contributed by atoms with Crippen molar-refractivity contribution in [2.45, 2.75) is 32.4 Å². The van der Waals surface area contributed by atoms with Gasteiger partial charge in [-0.1, -0.05) is 18.2 Å². The van der Waals surface area contributed by atoms with Crippen molar-refractivity contribution in [2.24, 2.45) is 5.10 Å². The number of benzene rings is 2. The lowest BCUT2D eigenvalue weighted by Crippen LogP contribution is -2.40. The highest BCUT2D eigenvalue weighted by Crippen LogP contribution is 2.32. The summed E-state index contributed by atoms with van der Waals surface area (Å²) in [4.78, 5) is 25.5. The van der Waals surface area contributed by atoms with Gasteiger partial charge in [0.25, 0.3) is 5.91 Å². The van der Waals surface area contributed by atoms with E-state index in [0.717, 1.165) is 5.01 Å². The molecule has 1 aliphatic heterocycles. The van der Waals surface area contributed by atoms with E-state index in [4.69, 9.17) is 14.2 Å². The molecule has 0 radical (unpaired) electrons. The van der Waals surface area contributed by atoms with Crippen LogP contribution in [0.2, 0.25) is 0 Å². The predicted octanol–water partition coefficient (Wildman–Crippen LogP) is 3.29. The minimum absolute atomic E-state index is 0.0940.